The Bertz CT molecular complexity index is 190. The van der Waals surface area contributed by atoms with E-state index in [-0.39, 0.29) is 19.2 Å². The molecule has 1 aliphatic rings. The molecule has 0 atom stereocenters. The molecule has 0 bridgehead atoms. The first kappa shape index (κ1) is 10.1. The second kappa shape index (κ2) is 4.34. The van der Waals surface area contributed by atoms with Crippen LogP contribution in [-0.4, -0.2) is 3.79 Å². The van der Waals surface area contributed by atoms with Crippen molar-refractivity contribution >= 4 is 34.8 Å². The van der Waals surface area contributed by atoms with E-state index in [0.717, 1.165) is 11.1 Å². The molecule has 0 unspecified atom stereocenters. The molecule has 1 aliphatic carbocycles. The fraction of sp³-hybridized carbons (Fsp3) is 0.429. The molecular formula is C7H7Cl3Ti. The second-order valence-electron chi connectivity index (χ2n) is 2.29. The maximum absolute atomic E-state index is 5.63. The number of hydrogen-bond donors (Lipinski definition) is 0. The Kier molecular flexibility index (Phi) is 4.01. The molecule has 11 heavy (non-hydrogen) atoms. The fourth-order valence-corrected chi connectivity index (χ4v) is 3.03. The van der Waals surface area contributed by atoms with Crippen LogP contribution in [0.3, 0.4) is 0 Å². The van der Waals surface area contributed by atoms with Gasteiger partial charge in [0.1, 0.15) is 0 Å². The van der Waals surface area contributed by atoms with Crippen LogP contribution < -0.4 is 0 Å². The molecule has 0 fully saturated rings. The van der Waals surface area contributed by atoms with Crippen molar-refractivity contribution in [2.24, 2.45) is 0 Å². The minimum absolute atomic E-state index is 0.194. The molecule has 0 radical (unpaired) electrons. The molecule has 60 valence electrons. The van der Waals surface area contributed by atoms with Crippen LogP contribution >= 0.6 is 34.8 Å². The van der Waals surface area contributed by atoms with Gasteiger partial charge in [0, 0.05) is 0 Å². The van der Waals surface area contributed by atoms with Crippen LogP contribution in [0.1, 0.15) is 6.42 Å². The van der Waals surface area contributed by atoms with Gasteiger partial charge < -0.3 is 0 Å². The van der Waals surface area contributed by atoms with Gasteiger partial charge in [0.15, 0.2) is 0 Å². The quantitative estimate of drug-likeness (QED) is 0.514. The number of alkyl halides is 3. The van der Waals surface area contributed by atoms with E-state index in [0.29, 0.717) is 0 Å². The molecule has 0 aromatic carbocycles. The maximum atomic E-state index is 5.63. The van der Waals surface area contributed by atoms with Gasteiger partial charge in [-0.2, -0.15) is 0 Å². The summed E-state index contributed by atoms with van der Waals surface area (Å²) in [5.74, 6) is 0. The van der Waals surface area contributed by atoms with Crippen molar-refractivity contribution in [2.45, 2.75) is 14.9 Å². The van der Waals surface area contributed by atoms with Crippen molar-refractivity contribution in [3.63, 3.8) is 0 Å². The Hall–Kier alpha value is 1.06. The van der Waals surface area contributed by atoms with Crippen LogP contribution in [0.2, 0.25) is 4.73 Å². The average Bonchev–Trinajstić information content (AvgIpc) is 2.32. The van der Waals surface area contributed by atoms with Crippen molar-refractivity contribution in [2.75, 3.05) is 0 Å². The fourth-order valence-electron chi connectivity index (χ4n) is 0.792. The molecular weight excluding hydrogens is 238 g/mol. The van der Waals surface area contributed by atoms with Crippen molar-refractivity contribution in [3.05, 3.63) is 22.1 Å². The molecule has 0 saturated heterocycles. The molecule has 4 heteroatoms. The molecule has 0 aliphatic heterocycles. The monoisotopic (exact) mass is 244 g/mol. The van der Waals surface area contributed by atoms with Crippen LogP contribution in [0.15, 0.2) is 22.1 Å². The van der Waals surface area contributed by atoms with E-state index < -0.39 is 3.79 Å². The second-order valence-corrected chi connectivity index (χ2v) is 6.92. The average molecular weight is 245 g/mol. The predicted octanol–water partition coefficient (Wildman–Crippen LogP) is 3.70. The summed E-state index contributed by atoms with van der Waals surface area (Å²) < 4.78 is 1.16. The van der Waals surface area contributed by atoms with E-state index in [1.165, 1.54) is 3.88 Å². The molecule has 0 saturated carbocycles. The molecule has 1 rings (SSSR count). The third-order valence-corrected chi connectivity index (χ3v) is 5.13. The van der Waals surface area contributed by atoms with Gasteiger partial charge in [-0.3, -0.25) is 0 Å². The summed E-state index contributed by atoms with van der Waals surface area (Å²) in [6.45, 7) is 0. The van der Waals surface area contributed by atoms with Crippen LogP contribution in [0.5, 0.6) is 0 Å². The molecule has 0 spiro atoms. The first-order valence-electron chi connectivity index (χ1n) is 3.24. The molecule has 0 nitrogen and oxygen atoms in total. The summed E-state index contributed by atoms with van der Waals surface area (Å²) in [7, 11) is 0. The zero-order valence-corrected chi connectivity index (χ0v) is 9.61. The minimum atomic E-state index is -1.04. The summed E-state index contributed by atoms with van der Waals surface area (Å²) in [5.41, 5.74) is 0. The summed E-state index contributed by atoms with van der Waals surface area (Å²) in [4.78, 5) is 0. The third-order valence-electron chi connectivity index (χ3n) is 1.29. The van der Waals surface area contributed by atoms with Gasteiger partial charge in [-0.15, -0.1) is 0 Å². The van der Waals surface area contributed by atoms with E-state index in [1.54, 1.807) is 0 Å². The predicted molar refractivity (Wildman–Crippen MR) is 46.9 cm³/mol. The zero-order chi connectivity index (χ0) is 8.32. The van der Waals surface area contributed by atoms with Crippen LogP contribution in [0.25, 0.3) is 0 Å². The SMILES string of the molecule is ClC(Cl)(Cl)[CH2][Ti][C]1=CC=CC1. The molecule has 0 aromatic heterocycles. The van der Waals surface area contributed by atoms with Crippen LogP contribution in [0.4, 0.5) is 0 Å². The number of halogens is 3. The van der Waals surface area contributed by atoms with Crippen LogP contribution in [0, 0.1) is 0 Å². The van der Waals surface area contributed by atoms with Gasteiger partial charge in [-0.25, -0.2) is 0 Å². The van der Waals surface area contributed by atoms with Crippen molar-refractivity contribution in [1.82, 2.24) is 0 Å². The van der Waals surface area contributed by atoms with E-state index in [2.05, 4.69) is 18.2 Å². The Morgan fingerprint density at radius 1 is 1.45 bits per heavy atom. The molecule has 0 amide bonds. The van der Waals surface area contributed by atoms with Crippen molar-refractivity contribution in [1.29, 1.82) is 0 Å². The van der Waals surface area contributed by atoms with Gasteiger partial charge in [0.05, 0.1) is 0 Å². The topological polar surface area (TPSA) is 0 Å². The zero-order valence-electron chi connectivity index (χ0n) is 5.78. The first-order valence-corrected chi connectivity index (χ1v) is 6.26. The molecule has 0 aromatic rings. The third kappa shape index (κ3) is 4.60. The summed E-state index contributed by atoms with van der Waals surface area (Å²) in [6.07, 6.45) is 7.41. The van der Waals surface area contributed by atoms with Gasteiger partial charge in [-0.05, 0) is 0 Å². The molecule has 0 heterocycles. The summed E-state index contributed by atoms with van der Waals surface area (Å²) in [5, 5.41) is 0. The Balaban J connectivity index is 2.23. The Labute approximate surface area is 90.5 Å². The van der Waals surface area contributed by atoms with Crippen LogP contribution in [-0.2, 0) is 19.2 Å². The first-order chi connectivity index (χ1) is 5.08. The van der Waals surface area contributed by atoms with E-state index >= 15 is 0 Å². The normalized spacial score (nSPS) is 16.8. The standard InChI is InChI=1S/C5H5.C2H2Cl3.Ti/c1-2-4-5-3-1;1-2(3,4)5;/h1-3H,4H2;1H2;. The number of rotatable bonds is 2. The van der Waals surface area contributed by atoms with E-state index in [4.69, 9.17) is 34.8 Å². The summed E-state index contributed by atoms with van der Waals surface area (Å²) in [6, 6.07) is 0. The van der Waals surface area contributed by atoms with Gasteiger partial charge in [-0.1, -0.05) is 0 Å². The summed E-state index contributed by atoms with van der Waals surface area (Å²) >= 11 is 16.7. The number of hydrogen-bond acceptors (Lipinski definition) is 0. The van der Waals surface area contributed by atoms with Crippen molar-refractivity contribution in [3.8, 4) is 0 Å². The van der Waals surface area contributed by atoms with Gasteiger partial charge in [0.2, 0.25) is 0 Å². The molecule has 0 N–H and O–H groups in total. The Morgan fingerprint density at radius 2 is 2.18 bits per heavy atom. The van der Waals surface area contributed by atoms with Gasteiger partial charge in [0.25, 0.3) is 0 Å². The Morgan fingerprint density at radius 3 is 2.64 bits per heavy atom. The van der Waals surface area contributed by atoms with Gasteiger partial charge >= 0.3 is 91.0 Å². The van der Waals surface area contributed by atoms with Crippen molar-refractivity contribution < 1.29 is 19.2 Å². The van der Waals surface area contributed by atoms with E-state index in [9.17, 15) is 0 Å². The van der Waals surface area contributed by atoms with E-state index in [1.807, 2.05) is 0 Å². The number of allylic oxidation sites excluding steroid dienone is 4.